The molecule has 1 aromatic heterocycles. The molecular weight excluding hydrogens is 236 g/mol. The molecule has 1 fully saturated rings. The highest BCUT2D eigenvalue weighted by atomic mass is 16.5. The molecule has 3 nitrogen and oxygen atoms in total. The minimum absolute atomic E-state index is 0.344. The Morgan fingerprint density at radius 3 is 2.63 bits per heavy atom. The van der Waals surface area contributed by atoms with Gasteiger partial charge in [-0.05, 0) is 38.3 Å². The maximum absolute atomic E-state index is 6.05. The van der Waals surface area contributed by atoms with E-state index in [0.717, 1.165) is 18.7 Å². The molecule has 106 valence electrons. The van der Waals surface area contributed by atoms with Gasteiger partial charge >= 0.3 is 0 Å². The molecule has 2 atom stereocenters. The van der Waals surface area contributed by atoms with E-state index in [-0.39, 0.29) is 0 Å². The second kappa shape index (κ2) is 6.49. The second-order valence-electron chi connectivity index (χ2n) is 6.09. The molecule has 0 spiro atoms. The van der Waals surface area contributed by atoms with E-state index in [1.807, 2.05) is 24.4 Å². The average molecular weight is 262 g/mol. The molecule has 0 bridgehead atoms. The molecule has 1 saturated heterocycles. The van der Waals surface area contributed by atoms with Gasteiger partial charge in [-0.1, -0.05) is 19.9 Å². The molecule has 1 aliphatic rings. The van der Waals surface area contributed by atoms with E-state index in [1.165, 1.54) is 0 Å². The minimum Gasteiger partial charge on any atom is -0.371 e. The van der Waals surface area contributed by atoms with Crippen LogP contribution in [0.25, 0.3) is 0 Å². The van der Waals surface area contributed by atoms with Gasteiger partial charge in [-0.3, -0.25) is 9.88 Å². The van der Waals surface area contributed by atoms with Crippen molar-refractivity contribution in [3.8, 4) is 0 Å². The van der Waals surface area contributed by atoms with Crippen molar-refractivity contribution in [1.29, 1.82) is 0 Å². The van der Waals surface area contributed by atoms with E-state index in [9.17, 15) is 0 Å². The highest BCUT2D eigenvalue weighted by Gasteiger charge is 2.35. The third-order valence-corrected chi connectivity index (χ3v) is 3.97. The Kier molecular flexibility index (Phi) is 4.94. The normalized spacial score (nSPS) is 24.5. The third kappa shape index (κ3) is 3.77. The summed E-state index contributed by atoms with van der Waals surface area (Å²) in [4.78, 5) is 6.89. The smallest absolute Gasteiger partial charge is 0.0892 e. The SMILES string of the molecule is CC(C)C1CC(OCc2ccccn2)CN1C(C)C. The summed E-state index contributed by atoms with van der Waals surface area (Å²) < 4.78 is 6.05. The van der Waals surface area contributed by atoms with Crippen LogP contribution < -0.4 is 0 Å². The summed E-state index contributed by atoms with van der Waals surface area (Å²) in [6.07, 6.45) is 3.31. The molecule has 3 heteroatoms. The van der Waals surface area contributed by atoms with Gasteiger partial charge in [0, 0.05) is 24.8 Å². The zero-order chi connectivity index (χ0) is 13.8. The molecule has 0 aromatic carbocycles. The van der Waals surface area contributed by atoms with Gasteiger partial charge in [0.05, 0.1) is 18.4 Å². The van der Waals surface area contributed by atoms with Crippen LogP contribution in [0.5, 0.6) is 0 Å². The number of pyridine rings is 1. The van der Waals surface area contributed by atoms with Gasteiger partial charge in [0.2, 0.25) is 0 Å². The molecule has 2 heterocycles. The number of likely N-dealkylation sites (tertiary alicyclic amines) is 1. The first-order chi connectivity index (χ1) is 9.08. The van der Waals surface area contributed by atoms with Crippen LogP contribution >= 0.6 is 0 Å². The van der Waals surface area contributed by atoms with Crippen molar-refractivity contribution in [1.82, 2.24) is 9.88 Å². The lowest BCUT2D eigenvalue weighted by atomic mass is 10.0. The first-order valence-corrected chi connectivity index (χ1v) is 7.35. The van der Waals surface area contributed by atoms with E-state index in [4.69, 9.17) is 4.74 Å². The highest BCUT2D eigenvalue weighted by molar-refractivity contribution is 5.02. The molecule has 2 rings (SSSR count). The van der Waals surface area contributed by atoms with Gasteiger partial charge in [0.25, 0.3) is 0 Å². The summed E-state index contributed by atoms with van der Waals surface area (Å²) >= 11 is 0. The van der Waals surface area contributed by atoms with Crippen LogP contribution in [0.15, 0.2) is 24.4 Å². The van der Waals surface area contributed by atoms with Crippen LogP contribution in [-0.2, 0) is 11.3 Å². The van der Waals surface area contributed by atoms with E-state index < -0.39 is 0 Å². The maximum Gasteiger partial charge on any atom is 0.0892 e. The van der Waals surface area contributed by atoms with Crippen LogP contribution in [0.1, 0.15) is 39.8 Å². The number of aromatic nitrogens is 1. The lowest BCUT2D eigenvalue weighted by Crippen LogP contribution is -2.38. The number of ether oxygens (including phenoxy) is 1. The molecule has 1 aliphatic heterocycles. The van der Waals surface area contributed by atoms with E-state index in [0.29, 0.717) is 30.7 Å². The summed E-state index contributed by atoms with van der Waals surface area (Å²) in [5, 5.41) is 0. The number of rotatable bonds is 5. The van der Waals surface area contributed by atoms with Crippen molar-refractivity contribution in [3.63, 3.8) is 0 Å². The molecule has 0 amide bonds. The third-order valence-electron chi connectivity index (χ3n) is 3.97. The van der Waals surface area contributed by atoms with Crippen LogP contribution in [0, 0.1) is 5.92 Å². The number of hydrogen-bond donors (Lipinski definition) is 0. The van der Waals surface area contributed by atoms with Crippen molar-refractivity contribution >= 4 is 0 Å². The maximum atomic E-state index is 6.05. The predicted molar refractivity (Wildman–Crippen MR) is 77.9 cm³/mol. The summed E-state index contributed by atoms with van der Waals surface area (Å²) in [5.41, 5.74) is 1.02. The summed E-state index contributed by atoms with van der Waals surface area (Å²) in [7, 11) is 0. The Morgan fingerprint density at radius 1 is 1.32 bits per heavy atom. The van der Waals surface area contributed by atoms with Crippen molar-refractivity contribution < 1.29 is 4.74 Å². The molecule has 0 N–H and O–H groups in total. The van der Waals surface area contributed by atoms with Crippen molar-refractivity contribution in [2.24, 2.45) is 5.92 Å². The molecular formula is C16H26N2O. The molecule has 0 radical (unpaired) electrons. The minimum atomic E-state index is 0.344. The first kappa shape index (κ1) is 14.5. The molecule has 1 aromatic rings. The van der Waals surface area contributed by atoms with E-state index >= 15 is 0 Å². The van der Waals surface area contributed by atoms with Crippen molar-refractivity contribution in [3.05, 3.63) is 30.1 Å². The predicted octanol–water partition coefficient (Wildman–Crippen LogP) is 3.11. The fraction of sp³-hybridized carbons (Fsp3) is 0.688. The van der Waals surface area contributed by atoms with Crippen LogP contribution in [-0.4, -0.2) is 34.6 Å². The van der Waals surface area contributed by atoms with Gasteiger partial charge in [-0.15, -0.1) is 0 Å². The quantitative estimate of drug-likeness (QED) is 0.815. The zero-order valence-corrected chi connectivity index (χ0v) is 12.5. The van der Waals surface area contributed by atoms with Crippen LogP contribution in [0.3, 0.4) is 0 Å². The first-order valence-electron chi connectivity index (χ1n) is 7.35. The Labute approximate surface area is 117 Å². The average Bonchev–Trinajstić information content (AvgIpc) is 2.82. The summed E-state index contributed by atoms with van der Waals surface area (Å²) in [5.74, 6) is 0.686. The van der Waals surface area contributed by atoms with Gasteiger partial charge in [0.15, 0.2) is 0 Å². The highest BCUT2D eigenvalue weighted by Crippen LogP contribution is 2.28. The molecule has 2 unspecified atom stereocenters. The Balaban J connectivity index is 1.89. The van der Waals surface area contributed by atoms with Crippen LogP contribution in [0.2, 0.25) is 0 Å². The second-order valence-corrected chi connectivity index (χ2v) is 6.09. The molecule has 0 saturated carbocycles. The monoisotopic (exact) mass is 262 g/mol. The lowest BCUT2D eigenvalue weighted by Gasteiger charge is -2.30. The van der Waals surface area contributed by atoms with Gasteiger partial charge in [0.1, 0.15) is 0 Å². The summed E-state index contributed by atoms with van der Waals surface area (Å²) in [6, 6.07) is 7.21. The van der Waals surface area contributed by atoms with Crippen molar-refractivity contribution in [2.75, 3.05) is 6.54 Å². The largest absolute Gasteiger partial charge is 0.371 e. The number of nitrogens with zero attached hydrogens (tertiary/aromatic N) is 2. The standard InChI is InChI=1S/C16H26N2O/c1-12(2)16-9-15(10-18(16)13(3)4)19-11-14-7-5-6-8-17-14/h5-8,12-13,15-16H,9-11H2,1-4H3. The fourth-order valence-corrected chi connectivity index (χ4v) is 2.91. The fourth-order valence-electron chi connectivity index (χ4n) is 2.91. The Bertz CT molecular complexity index is 362. The molecule has 0 aliphatic carbocycles. The van der Waals surface area contributed by atoms with E-state index in [1.54, 1.807) is 0 Å². The van der Waals surface area contributed by atoms with Crippen LogP contribution in [0.4, 0.5) is 0 Å². The topological polar surface area (TPSA) is 25.4 Å². The zero-order valence-electron chi connectivity index (χ0n) is 12.5. The van der Waals surface area contributed by atoms with E-state index in [2.05, 4.69) is 37.6 Å². The van der Waals surface area contributed by atoms with Crippen molar-refractivity contribution in [2.45, 2.75) is 58.9 Å². The van der Waals surface area contributed by atoms with Gasteiger partial charge in [-0.2, -0.15) is 0 Å². The van der Waals surface area contributed by atoms with Gasteiger partial charge in [-0.25, -0.2) is 0 Å². The summed E-state index contributed by atoms with van der Waals surface area (Å²) in [6.45, 7) is 10.8. The molecule has 19 heavy (non-hydrogen) atoms. The Hall–Kier alpha value is -0.930. The number of hydrogen-bond acceptors (Lipinski definition) is 3. The Morgan fingerprint density at radius 2 is 2.11 bits per heavy atom. The lowest BCUT2D eigenvalue weighted by molar-refractivity contribution is 0.0426. The van der Waals surface area contributed by atoms with Gasteiger partial charge < -0.3 is 4.74 Å².